The lowest BCUT2D eigenvalue weighted by Crippen LogP contribution is -2.68. The number of H-pyrrole nitrogens is 1. The molecule has 0 saturated carbocycles. The number of para-hydroxylation sites is 1. The van der Waals surface area contributed by atoms with Crippen LogP contribution in [0, 0.1) is 0 Å². The van der Waals surface area contributed by atoms with Crippen LogP contribution in [-0.2, 0) is 19.9 Å². The van der Waals surface area contributed by atoms with E-state index in [1.165, 1.54) is 0 Å². The van der Waals surface area contributed by atoms with Crippen LogP contribution in [-0.4, -0.2) is 84.0 Å². The molecular weight excluding hydrogens is 508 g/mol. The van der Waals surface area contributed by atoms with Gasteiger partial charge in [0, 0.05) is 54.0 Å². The number of ether oxygens (including phenoxy) is 1. The van der Waals surface area contributed by atoms with Gasteiger partial charge in [0.1, 0.15) is 0 Å². The summed E-state index contributed by atoms with van der Waals surface area (Å²) in [6.07, 6.45) is 0. The Balaban J connectivity index is 1.42. The van der Waals surface area contributed by atoms with Gasteiger partial charge in [-0.3, -0.25) is 14.5 Å². The molecule has 0 aliphatic carbocycles. The number of rotatable bonds is 4. The third-order valence-electron chi connectivity index (χ3n) is 7.88. The Kier molecular flexibility index (Phi) is 5.70. The number of hydrogen-bond acceptors (Lipinski definition) is 4. The number of piperazine rings is 1. The molecular formula is C27H29BrN4O3. The lowest BCUT2D eigenvalue weighted by molar-refractivity contribution is -0.166. The summed E-state index contributed by atoms with van der Waals surface area (Å²) < 4.78 is 6.46. The Labute approximate surface area is 213 Å². The van der Waals surface area contributed by atoms with Gasteiger partial charge in [0.2, 0.25) is 5.91 Å². The summed E-state index contributed by atoms with van der Waals surface area (Å²) in [4.78, 5) is 37.1. The summed E-state index contributed by atoms with van der Waals surface area (Å²) in [6.45, 7) is 6.97. The smallest absolute Gasteiger partial charge is 0.254 e. The van der Waals surface area contributed by atoms with Crippen LogP contribution in [0.5, 0.6) is 0 Å². The topological polar surface area (TPSA) is 68.9 Å². The predicted molar refractivity (Wildman–Crippen MR) is 137 cm³/mol. The minimum Gasteiger partial charge on any atom is -0.379 e. The Morgan fingerprint density at radius 2 is 1.80 bits per heavy atom. The Morgan fingerprint density at radius 1 is 1.06 bits per heavy atom. The fourth-order valence-electron chi connectivity index (χ4n) is 5.94. The summed E-state index contributed by atoms with van der Waals surface area (Å²) >= 11 is 3.53. The molecule has 2 saturated heterocycles. The molecule has 6 rings (SSSR count). The first-order chi connectivity index (χ1) is 17.0. The largest absolute Gasteiger partial charge is 0.379 e. The number of fused-ring (bicyclic) bond motifs is 5. The van der Waals surface area contributed by atoms with Gasteiger partial charge >= 0.3 is 0 Å². The molecule has 3 aliphatic heterocycles. The van der Waals surface area contributed by atoms with Crippen molar-refractivity contribution < 1.29 is 14.3 Å². The molecule has 1 aromatic heterocycles. The second-order valence-corrected chi connectivity index (χ2v) is 10.7. The molecule has 8 heteroatoms. The van der Waals surface area contributed by atoms with Crippen molar-refractivity contribution in [3.05, 3.63) is 69.8 Å². The van der Waals surface area contributed by atoms with Crippen molar-refractivity contribution in [3.63, 3.8) is 0 Å². The number of amides is 2. The number of carbonyl (C=O) groups is 2. The van der Waals surface area contributed by atoms with E-state index in [0.717, 1.165) is 51.8 Å². The van der Waals surface area contributed by atoms with Gasteiger partial charge in [-0.1, -0.05) is 46.3 Å². The van der Waals surface area contributed by atoms with Gasteiger partial charge in [0.25, 0.3) is 5.91 Å². The maximum Gasteiger partial charge on any atom is 0.254 e. The Hall–Kier alpha value is -2.68. The van der Waals surface area contributed by atoms with E-state index >= 15 is 0 Å². The zero-order valence-electron chi connectivity index (χ0n) is 19.8. The number of hydrogen-bond donors (Lipinski definition) is 1. The van der Waals surface area contributed by atoms with Gasteiger partial charge < -0.3 is 19.5 Å². The van der Waals surface area contributed by atoms with E-state index in [1.54, 1.807) is 4.90 Å². The molecule has 3 aromatic rings. The van der Waals surface area contributed by atoms with Crippen molar-refractivity contribution in [1.29, 1.82) is 0 Å². The van der Waals surface area contributed by atoms with Gasteiger partial charge in [0.05, 0.1) is 25.5 Å². The first kappa shape index (κ1) is 22.8. The molecule has 2 atom stereocenters. The van der Waals surface area contributed by atoms with E-state index in [2.05, 4.69) is 44.0 Å². The highest BCUT2D eigenvalue weighted by Crippen LogP contribution is 2.48. The molecule has 2 amide bonds. The highest BCUT2D eigenvalue weighted by Gasteiger charge is 2.56. The van der Waals surface area contributed by atoms with E-state index in [4.69, 9.17) is 4.74 Å². The zero-order valence-corrected chi connectivity index (χ0v) is 21.4. The fourth-order valence-corrected chi connectivity index (χ4v) is 6.20. The van der Waals surface area contributed by atoms with Crippen molar-refractivity contribution in [3.8, 4) is 0 Å². The van der Waals surface area contributed by atoms with Crippen LogP contribution < -0.4 is 0 Å². The number of nitrogens with zero attached hydrogens (tertiary/aromatic N) is 3. The van der Waals surface area contributed by atoms with Crippen LogP contribution in [0.25, 0.3) is 10.9 Å². The standard InChI is InChI=1S/C27H29BrN4O3/c1-27-25-24(20-4-2-3-5-22(20)29-25)21(18-6-8-19(28)9-7-18)16-32(27)23(33)17-31(26(27)34)11-10-30-12-14-35-15-13-30/h2-9,21,29H,10-17H2,1H3/t21?,27-/m0/s1. The van der Waals surface area contributed by atoms with Crippen LogP contribution in [0.4, 0.5) is 0 Å². The number of aromatic nitrogens is 1. The maximum atomic E-state index is 14.1. The van der Waals surface area contributed by atoms with Crippen LogP contribution in [0.1, 0.15) is 29.7 Å². The van der Waals surface area contributed by atoms with E-state index in [9.17, 15) is 9.59 Å². The van der Waals surface area contributed by atoms with E-state index in [-0.39, 0.29) is 24.3 Å². The van der Waals surface area contributed by atoms with E-state index in [0.29, 0.717) is 26.3 Å². The average molecular weight is 537 g/mol. The molecule has 35 heavy (non-hydrogen) atoms. The monoisotopic (exact) mass is 536 g/mol. The first-order valence-electron chi connectivity index (χ1n) is 12.2. The molecule has 4 heterocycles. The molecule has 0 radical (unpaired) electrons. The second kappa shape index (κ2) is 8.76. The second-order valence-electron chi connectivity index (χ2n) is 9.82. The van der Waals surface area contributed by atoms with E-state index < -0.39 is 5.54 Å². The van der Waals surface area contributed by atoms with Crippen molar-refractivity contribution in [1.82, 2.24) is 19.7 Å². The number of morpholine rings is 1. The molecule has 7 nitrogen and oxygen atoms in total. The van der Waals surface area contributed by atoms with Gasteiger partial charge in [-0.05, 0) is 36.2 Å². The first-order valence-corrected chi connectivity index (χ1v) is 13.0. The van der Waals surface area contributed by atoms with Gasteiger partial charge in [-0.25, -0.2) is 0 Å². The van der Waals surface area contributed by atoms with Gasteiger partial charge in [0.15, 0.2) is 5.54 Å². The predicted octanol–water partition coefficient (Wildman–Crippen LogP) is 3.29. The molecule has 2 fully saturated rings. The van der Waals surface area contributed by atoms with Gasteiger partial charge in [-0.15, -0.1) is 0 Å². The number of benzene rings is 2. The van der Waals surface area contributed by atoms with Crippen molar-refractivity contribution in [2.45, 2.75) is 18.4 Å². The average Bonchev–Trinajstić information content (AvgIpc) is 3.28. The van der Waals surface area contributed by atoms with Crippen molar-refractivity contribution in [2.75, 3.05) is 52.5 Å². The maximum absolute atomic E-state index is 14.1. The van der Waals surface area contributed by atoms with Crippen LogP contribution >= 0.6 is 15.9 Å². The summed E-state index contributed by atoms with van der Waals surface area (Å²) in [6, 6.07) is 16.5. The molecule has 0 bridgehead atoms. The molecule has 1 N–H and O–H groups in total. The fraction of sp³-hybridized carbons (Fsp3) is 0.407. The molecule has 0 spiro atoms. The normalized spacial score (nSPS) is 25.1. The van der Waals surface area contributed by atoms with Crippen molar-refractivity contribution in [2.24, 2.45) is 0 Å². The third-order valence-corrected chi connectivity index (χ3v) is 8.41. The quantitative estimate of drug-likeness (QED) is 0.555. The number of carbonyl (C=O) groups excluding carboxylic acids is 2. The number of nitrogens with one attached hydrogen (secondary N) is 1. The summed E-state index contributed by atoms with van der Waals surface area (Å²) in [5, 5.41) is 1.11. The summed E-state index contributed by atoms with van der Waals surface area (Å²) in [5.74, 6) is -0.0214. The van der Waals surface area contributed by atoms with Crippen LogP contribution in [0.3, 0.4) is 0 Å². The molecule has 1 unspecified atom stereocenters. The minimum absolute atomic E-state index is 0.000459. The summed E-state index contributed by atoms with van der Waals surface area (Å²) in [7, 11) is 0. The van der Waals surface area contributed by atoms with Crippen LogP contribution in [0.2, 0.25) is 0 Å². The third kappa shape index (κ3) is 3.70. The van der Waals surface area contributed by atoms with E-state index in [1.807, 2.05) is 42.2 Å². The van der Waals surface area contributed by atoms with Crippen LogP contribution in [0.15, 0.2) is 53.0 Å². The number of halogens is 1. The number of aromatic amines is 1. The Morgan fingerprint density at radius 3 is 2.57 bits per heavy atom. The lowest BCUT2D eigenvalue weighted by Gasteiger charge is -2.51. The molecule has 182 valence electrons. The molecule has 3 aliphatic rings. The zero-order chi connectivity index (χ0) is 24.2. The lowest BCUT2D eigenvalue weighted by atomic mass is 9.76. The van der Waals surface area contributed by atoms with Crippen molar-refractivity contribution >= 4 is 38.6 Å². The SMILES string of the molecule is C[C@]12C(=O)N(CCN3CCOCC3)CC(=O)N1CC(c1ccc(Br)cc1)c1c2[nH]c2ccccc12. The molecule has 2 aromatic carbocycles. The Bertz CT molecular complexity index is 1280. The highest BCUT2D eigenvalue weighted by atomic mass is 79.9. The van der Waals surface area contributed by atoms with Gasteiger partial charge in [-0.2, -0.15) is 0 Å². The highest BCUT2D eigenvalue weighted by molar-refractivity contribution is 9.10. The minimum atomic E-state index is -1.06. The summed E-state index contributed by atoms with van der Waals surface area (Å²) in [5.41, 5.74) is 3.04.